The van der Waals surface area contributed by atoms with E-state index in [1.54, 1.807) is 18.2 Å². The quantitative estimate of drug-likeness (QED) is 0.495. The highest BCUT2D eigenvalue weighted by Crippen LogP contribution is 2.32. The number of methoxy groups -OCH3 is 2. The topological polar surface area (TPSA) is 126 Å². The van der Waals surface area contributed by atoms with E-state index in [0.717, 1.165) is 0 Å². The fourth-order valence-corrected chi connectivity index (χ4v) is 2.44. The molecular weight excluding hydrogens is 366 g/mol. The molecule has 0 radical (unpaired) electrons. The van der Waals surface area contributed by atoms with E-state index in [1.165, 1.54) is 45.6 Å². The summed E-state index contributed by atoms with van der Waals surface area (Å²) < 4.78 is 10.2. The fraction of sp³-hybridized carbons (Fsp3) is 0.158. The maximum Gasteiger partial charge on any atom is 0.340 e. The van der Waals surface area contributed by atoms with Crippen LogP contribution in [-0.4, -0.2) is 43.3 Å². The Bertz CT molecular complexity index is 939. The second-order valence-corrected chi connectivity index (χ2v) is 5.53. The molecule has 3 N–H and O–H groups in total. The minimum absolute atomic E-state index is 0.0493. The molecule has 9 nitrogen and oxygen atoms in total. The van der Waals surface area contributed by atoms with Crippen LogP contribution < -0.4 is 20.2 Å². The number of benzene rings is 2. The summed E-state index contributed by atoms with van der Waals surface area (Å²) in [4.78, 5) is 34.9. The molecule has 0 saturated carbocycles. The summed E-state index contributed by atoms with van der Waals surface area (Å²) in [5.41, 5.74) is 3.13. The van der Waals surface area contributed by atoms with Crippen molar-refractivity contribution >= 4 is 29.7 Å². The van der Waals surface area contributed by atoms with Crippen LogP contribution in [0, 0.1) is 0 Å². The van der Waals surface area contributed by atoms with Gasteiger partial charge in [-0.15, -0.1) is 0 Å². The van der Waals surface area contributed by atoms with Gasteiger partial charge in [0.1, 0.15) is 5.56 Å². The summed E-state index contributed by atoms with van der Waals surface area (Å²) in [6.07, 6.45) is 1.20. The lowest BCUT2D eigenvalue weighted by Crippen LogP contribution is -2.18. The third kappa shape index (κ3) is 4.85. The molecule has 2 amide bonds. The average molecular weight is 385 g/mol. The minimum atomic E-state index is -1.23. The number of hydrazone groups is 1. The van der Waals surface area contributed by atoms with E-state index in [9.17, 15) is 19.5 Å². The van der Waals surface area contributed by atoms with Crippen molar-refractivity contribution in [2.45, 2.75) is 6.92 Å². The van der Waals surface area contributed by atoms with Gasteiger partial charge >= 0.3 is 5.97 Å². The van der Waals surface area contributed by atoms with Gasteiger partial charge in [-0.05, 0) is 30.3 Å². The lowest BCUT2D eigenvalue weighted by Gasteiger charge is -2.12. The summed E-state index contributed by atoms with van der Waals surface area (Å²) in [7, 11) is 2.72. The Labute approximate surface area is 161 Å². The monoisotopic (exact) mass is 385 g/mol. The van der Waals surface area contributed by atoms with Gasteiger partial charge in [0.05, 0.1) is 20.4 Å². The first-order valence-electron chi connectivity index (χ1n) is 8.06. The molecule has 2 aromatic carbocycles. The number of hydrogen-bond acceptors (Lipinski definition) is 6. The molecule has 0 aliphatic carbocycles. The Morgan fingerprint density at radius 2 is 1.86 bits per heavy atom. The first-order valence-corrected chi connectivity index (χ1v) is 8.06. The Morgan fingerprint density at radius 1 is 1.11 bits per heavy atom. The first-order chi connectivity index (χ1) is 13.4. The number of carbonyl (C=O) groups excluding carboxylic acids is 2. The SMILES string of the molecule is COc1ccc(/C=N/NC(=O)c2cccc(NC(C)=O)c2)c(C(=O)O)c1OC. The van der Waals surface area contributed by atoms with Crippen LogP contribution in [0.1, 0.15) is 33.2 Å². The number of carbonyl (C=O) groups is 3. The van der Waals surface area contributed by atoms with Crippen LogP contribution >= 0.6 is 0 Å². The number of nitrogens with one attached hydrogen (secondary N) is 2. The molecule has 9 heteroatoms. The van der Waals surface area contributed by atoms with E-state index in [4.69, 9.17) is 9.47 Å². The molecule has 2 rings (SSSR count). The molecular formula is C19H19N3O6. The third-order valence-corrected chi connectivity index (χ3v) is 3.61. The van der Waals surface area contributed by atoms with Crippen LogP contribution in [-0.2, 0) is 4.79 Å². The van der Waals surface area contributed by atoms with E-state index in [0.29, 0.717) is 5.69 Å². The predicted molar refractivity (Wildman–Crippen MR) is 102 cm³/mol. The number of carboxylic acid groups (broad SMARTS) is 1. The van der Waals surface area contributed by atoms with Crippen LogP contribution in [0.4, 0.5) is 5.69 Å². The second kappa shape index (κ2) is 9.17. The van der Waals surface area contributed by atoms with Gasteiger partial charge in [-0.1, -0.05) is 6.07 Å². The minimum Gasteiger partial charge on any atom is -0.493 e. The summed E-state index contributed by atoms with van der Waals surface area (Å²) in [6.45, 7) is 1.36. The summed E-state index contributed by atoms with van der Waals surface area (Å²) >= 11 is 0. The van der Waals surface area contributed by atoms with Crippen molar-refractivity contribution in [1.29, 1.82) is 0 Å². The molecule has 2 aromatic rings. The van der Waals surface area contributed by atoms with Gasteiger partial charge in [-0.25, -0.2) is 10.2 Å². The number of ether oxygens (including phenoxy) is 2. The Balaban J connectivity index is 2.22. The van der Waals surface area contributed by atoms with Gasteiger partial charge in [-0.3, -0.25) is 9.59 Å². The lowest BCUT2D eigenvalue weighted by atomic mass is 10.1. The van der Waals surface area contributed by atoms with Crippen LogP contribution in [0.3, 0.4) is 0 Å². The van der Waals surface area contributed by atoms with Crippen LogP contribution in [0.25, 0.3) is 0 Å². The molecule has 0 heterocycles. The molecule has 0 aliphatic rings. The zero-order chi connectivity index (χ0) is 20.7. The highest BCUT2D eigenvalue weighted by Gasteiger charge is 2.20. The number of nitrogens with zero attached hydrogens (tertiary/aromatic N) is 1. The lowest BCUT2D eigenvalue weighted by molar-refractivity contribution is -0.114. The Kier molecular flexibility index (Phi) is 6.69. The smallest absolute Gasteiger partial charge is 0.340 e. The predicted octanol–water partition coefficient (Wildman–Crippen LogP) is 2.12. The average Bonchev–Trinajstić information content (AvgIpc) is 2.66. The standard InChI is InChI=1S/C19H19N3O6/c1-11(23)21-14-6-4-5-12(9-14)18(24)22-20-10-13-7-8-15(27-2)17(28-3)16(13)19(25)26/h4-10H,1-3H3,(H,21,23)(H,22,24)(H,25,26)/b20-10+. The highest BCUT2D eigenvalue weighted by atomic mass is 16.5. The van der Waals surface area contributed by atoms with Crippen LogP contribution in [0.2, 0.25) is 0 Å². The molecule has 0 aromatic heterocycles. The van der Waals surface area contributed by atoms with Gasteiger partial charge < -0.3 is 19.9 Å². The molecule has 0 aliphatic heterocycles. The van der Waals surface area contributed by atoms with Gasteiger partial charge in [0, 0.05) is 23.7 Å². The molecule has 0 unspecified atom stereocenters. The van der Waals surface area contributed by atoms with E-state index in [1.807, 2.05) is 0 Å². The van der Waals surface area contributed by atoms with Gasteiger partial charge in [0.15, 0.2) is 11.5 Å². The largest absolute Gasteiger partial charge is 0.493 e. The van der Waals surface area contributed by atoms with Crippen molar-refractivity contribution in [3.63, 3.8) is 0 Å². The molecule has 28 heavy (non-hydrogen) atoms. The molecule has 0 atom stereocenters. The van der Waals surface area contributed by atoms with E-state index < -0.39 is 11.9 Å². The van der Waals surface area contributed by atoms with E-state index >= 15 is 0 Å². The van der Waals surface area contributed by atoms with Gasteiger partial charge in [0.25, 0.3) is 5.91 Å². The first kappa shape index (κ1) is 20.4. The second-order valence-electron chi connectivity index (χ2n) is 5.53. The van der Waals surface area contributed by atoms with Gasteiger partial charge in [-0.2, -0.15) is 5.10 Å². The van der Waals surface area contributed by atoms with Crippen molar-refractivity contribution in [1.82, 2.24) is 5.43 Å². The Hall–Kier alpha value is -3.88. The summed E-state index contributed by atoms with van der Waals surface area (Å²) in [6, 6.07) is 9.31. The summed E-state index contributed by atoms with van der Waals surface area (Å²) in [5, 5.41) is 15.9. The van der Waals surface area contributed by atoms with Crippen molar-refractivity contribution in [2.75, 3.05) is 19.5 Å². The number of aromatic carboxylic acids is 1. The van der Waals surface area contributed by atoms with Crippen molar-refractivity contribution in [3.05, 3.63) is 53.1 Å². The maximum absolute atomic E-state index is 12.2. The number of rotatable bonds is 7. The fourth-order valence-electron chi connectivity index (χ4n) is 2.44. The number of amides is 2. The van der Waals surface area contributed by atoms with Crippen molar-refractivity contribution in [3.8, 4) is 11.5 Å². The van der Waals surface area contributed by atoms with E-state index in [-0.39, 0.29) is 34.1 Å². The highest BCUT2D eigenvalue weighted by molar-refractivity contribution is 6.02. The molecule has 0 spiro atoms. The molecule has 0 saturated heterocycles. The Morgan fingerprint density at radius 3 is 2.46 bits per heavy atom. The van der Waals surface area contributed by atoms with Crippen molar-refractivity contribution in [2.24, 2.45) is 5.10 Å². The van der Waals surface area contributed by atoms with Gasteiger partial charge in [0.2, 0.25) is 5.91 Å². The number of anilines is 1. The third-order valence-electron chi connectivity index (χ3n) is 3.61. The van der Waals surface area contributed by atoms with Crippen LogP contribution in [0.5, 0.6) is 11.5 Å². The molecule has 146 valence electrons. The zero-order valence-electron chi connectivity index (χ0n) is 15.5. The molecule has 0 bridgehead atoms. The molecule has 0 fully saturated rings. The number of carboxylic acids is 1. The number of hydrogen-bond donors (Lipinski definition) is 3. The summed E-state index contributed by atoms with van der Waals surface area (Å²) in [5.74, 6) is -1.71. The van der Waals surface area contributed by atoms with Crippen LogP contribution in [0.15, 0.2) is 41.5 Å². The van der Waals surface area contributed by atoms with E-state index in [2.05, 4.69) is 15.8 Å². The van der Waals surface area contributed by atoms with Crippen molar-refractivity contribution < 1.29 is 29.0 Å². The zero-order valence-corrected chi connectivity index (χ0v) is 15.5. The maximum atomic E-state index is 12.2. The normalized spacial score (nSPS) is 10.4.